The van der Waals surface area contributed by atoms with Crippen molar-refractivity contribution in [2.24, 2.45) is 0 Å². The van der Waals surface area contributed by atoms with Crippen molar-refractivity contribution in [1.29, 1.82) is 0 Å². The van der Waals surface area contributed by atoms with E-state index in [4.69, 9.17) is 0 Å². The molecule has 154 valence electrons. The molecule has 0 aliphatic carbocycles. The molecule has 0 spiro atoms. The van der Waals surface area contributed by atoms with Gasteiger partial charge < -0.3 is 20.4 Å². The number of hydrogen-bond donors (Lipinski definition) is 2. The lowest BCUT2D eigenvalue weighted by Crippen LogP contribution is -2.48. The highest BCUT2D eigenvalue weighted by atomic mass is 16.2. The van der Waals surface area contributed by atoms with Gasteiger partial charge in [0.2, 0.25) is 5.91 Å². The molecule has 0 aromatic heterocycles. The Morgan fingerprint density at radius 3 is 2.21 bits per heavy atom. The largest absolute Gasteiger partial charge is 0.368 e. The van der Waals surface area contributed by atoms with Gasteiger partial charge in [0.1, 0.15) is 0 Å². The normalized spacial score (nSPS) is 14.0. The van der Waals surface area contributed by atoms with Gasteiger partial charge in [-0.15, -0.1) is 0 Å². The number of anilines is 2. The van der Waals surface area contributed by atoms with Crippen LogP contribution in [0.1, 0.15) is 29.3 Å². The Balaban J connectivity index is 1.49. The SMILES string of the molecule is CCCNCC(=O)Nc1ccc(N2CCN(C(=O)c3ccc(C)cc3)CC2)cc1. The lowest BCUT2D eigenvalue weighted by Gasteiger charge is -2.36. The number of carbonyl (C=O) groups excluding carboxylic acids is 2. The maximum absolute atomic E-state index is 12.7. The predicted octanol–water partition coefficient (Wildman–Crippen LogP) is 2.90. The van der Waals surface area contributed by atoms with Crippen molar-refractivity contribution < 1.29 is 9.59 Å². The summed E-state index contributed by atoms with van der Waals surface area (Å²) < 4.78 is 0. The minimum absolute atomic E-state index is 0.0329. The van der Waals surface area contributed by atoms with Crippen molar-refractivity contribution in [3.8, 4) is 0 Å². The second kappa shape index (κ2) is 10.1. The fraction of sp³-hybridized carbons (Fsp3) is 0.391. The smallest absolute Gasteiger partial charge is 0.253 e. The molecule has 2 amide bonds. The topological polar surface area (TPSA) is 64.7 Å². The quantitative estimate of drug-likeness (QED) is 0.709. The van der Waals surface area contributed by atoms with Crippen molar-refractivity contribution in [2.75, 3.05) is 49.5 Å². The van der Waals surface area contributed by atoms with E-state index in [1.165, 1.54) is 0 Å². The fourth-order valence-corrected chi connectivity index (χ4v) is 3.39. The molecule has 1 aliphatic heterocycles. The Bertz CT molecular complexity index is 810. The van der Waals surface area contributed by atoms with Gasteiger partial charge in [0.15, 0.2) is 0 Å². The number of benzene rings is 2. The second-order valence-corrected chi connectivity index (χ2v) is 7.42. The molecular formula is C23H30N4O2. The second-order valence-electron chi connectivity index (χ2n) is 7.42. The van der Waals surface area contributed by atoms with Gasteiger partial charge >= 0.3 is 0 Å². The highest BCUT2D eigenvalue weighted by molar-refractivity contribution is 5.94. The Hall–Kier alpha value is -2.86. The van der Waals surface area contributed by atoms with Crippen LogP contribution in [0.25, 0.3) is 0 Å². The summed E-state index contributed by atoms with van der Waals surface area (Å²) >= 11 is 0. The average Bonchev–Trinajstić information content (AvgIpc) is 2.75. The van der Waals surface area contributed by atoms with E-state index in [2.05, 4.69) is 22.5 Å². The molecule has 0 atom stereocenters. The van der Waals surface area contributed by atoms with Crippen molar-refractivity contribution in [3.63, 3.8) is 0 Å². The third kappa shape index (κ3) is 5.81. The molecule has 0 radical (unpaired) electrons. The predicted molar refractivity (Wildman–Crippen MR) is 118 cm³/mol. The monoisotopic (exact) mass is 394 g/mol. The molecule has 1 saturated heterocycles. The molecule has 6 nitrogen and oxygen atoms in total. The molecule has 1 fully saturated rings. The first-order valence-electron chi connectivity index (χ1n) is 10.3. The van der Waals surface area contributed by atoms with Crippen LogP contribution in [0, 0.1) is 6.92 Å². The van der Waals surface area contributed by atoms with E-state index >= 15 is 0 Å². The summed E-state index contributed by atoms with van der Waals surface area (Å²) in [4.78, 5) is 28.7. The van der Waals surface area contributed by atoms with Crippen LogP contribution in [0.2, 0.25) is 0 Å². The summed E-state index contributed by atoms with van der Waals surface area (Å²) in [5, 5.41) is 6.00. The van der Waals surface area contributed by atoms with Crippen LogP contribution in [0.3, 0.4) is 0 Å². The van der Waals surface area contributed by atoms with Crippen LogP contribution in [0.15, 0.2) is 48.5 Å². The summed E-state index contributed by atoms with van der Waals surface area (Å²) in [6, 6.07) is 15.6. The molecule has 2 aromatic rings. The van der Waals surface area contributed by atoms with Gasteiger partial charge in [0, 0.05) is 43.1 Å². The molecule has 3 rings (SSSR count). The first kappa shape index (κ1) is 20.9. The van der Waals surface area contributed by atoms with Gasteiger partial charge in [-0.3, -0.25) is 9.59 Å². The summed E-state index contributed by atoms with van der Waals surface area (Å²) in [5.74, 6) is 0.0637. The lowest BCUT2D eigenvalue weighted by molar-refractivity contribution is -0.115. The number of aryl methyl sites for hydroxylation is 1. The Morgan fingerprint density at radius 1 is 0.931 bits per heavy atom. The number of nitrogens with one attached hydrogen (secondary N) is 2. The summed E-state index contributed by atoms with van der Waals surface area (Å²) in [7, 11) is 0. The van der Waals surface area contributed by atoms with Crippen molar-refractivity contribution in [2.45, 2.75) is 20.3 Å². The number of rotatable bonds is 7. The maximum Gasteiger partial charge on any atom is 0.253 e. The fourth-order valence-electron chi connectivity index (χ4n) is 3.39. The van der Waals surface area contributed by atoms with Crippen LogP contribution >= 0.6 is 0 Å². The first-order chi connectivity index (χ1) is 14.1. The maximum atomic E-state index is 12.7. The number of piperazine rings is 1. The molecule has 0 unspecified atom stereocenters. The van der Waals surface area contributed by atoms with Crippen LogP contribution in [-0.4, -0.2) is 56.0 Å². The van der Waals surface area contributed by atoms with Gasteiger partial charge in [0.05, 0.1) is 6.54 Å². The molecule has 1 heterocycles. The highest BCUT2D eigenvalue weighted by Gasteiger charge is 2.22. The molecule has 0 bridgehead atoms. The minimum Gasteiger partial charge on any atom is -0.368 e. The van der Waals surface area contributed by atoms with Crippen molar-refractivity contribution >= 4 is 23.2 Å². The van der Waals surface area contributed by atoms with E-state index in [0.29, 0.717) is 19.6 Å². The summed E-state index contributed by atoms with van der Waals surface area (Å²) in [6.07, 6.45) is 1.01. The van der Waals surface area contributed by atoms with E-state index in [9.17, 15) is 9.59 Å². The number of carbonyl (C=O) groups is 2. The van der Waals surface area contributed by atoms with Gasteiger partial charge in [-0.2, -0.15) is 0 Å². The van der Waals surface area contributed by atoms with E-state index in [0.717, 1.165) is 48.6 Å². The zero-order valence-electron chi connectivity index (χ0n) is 17.3. The molecular weight excluding hydrogens is 364 g/mol. The first-order valence-corrected chi connectivity index (χ1v) is 10.3. The van der Waals surface area contributed by atoms with Crippen LogP contribution in [0.5, 0.6) is 0 Å². The molecule has 6 heteroatoms. The van der Waals surface area contributed by atoms with Gasteiger partial charge in [-0.25, -0.2) is 0 Å². The highest BCUT2D eigenvalue weighted by Crippen LogP contribution is 2.20. The zero-order chi connectivity index (χ0) is 20.6. The zero-order valence-corrected chi connectivity index (χ0v) is 17.3. The molecule has 29 heavy (non-hydrogen) atoms. The van der Waals surface area contributed by atoms with E-state index in [1.807, 2.05) is 60.4 Å². The Kier molecular flexibility index (Phi) is 7.25. The minimum atomic E-state index is -0.0329. The van der Waals surface area contributed by atoms with Gasteiger partial charge in [-0.05, 0) is 56.3 Å². The number of hydrogen-bond acceptors (Lipinski definition) is 4. The standard InChI is InChI=1S/C23H30N4O2/c1-3-12-24-17-22(28)25-20-8-10-21(11-9-20)26-13-15-27(16-14-26)23(29)19-6-4-18(2)5-7-19/h4-11,24H,3,12-17H2,1-2H3,(H,25,28). The molecule has 1 aliphatic rings. The van der Waals surface area contributed by atoms with E-state index in [-0.39, 0.29) is 11.8 Å². The van der Waals surface area contributed by atoms with E-state index < -0.39 is 0 Å². The Morgan fingerprint density at radius 2 is 1.59 bits per heavy atom. The summed E-state index contributed by atoms with van der Waals surface area (Å²) in [6.45, 7) is 8.25. The van der Waals surface area contributed by atoms with Gasteiger partial charge in [-0.1, -0.05) is 24.6 Å². The summed E-state index contributed by atoms with van der Waals surface area (Å²) in [5.41, 5.74) is 3.81. The molecule has 2 aromatic carbocycles. The third-order valence-electron chi connectivity index (χ3n) is 5.09. The number of amides is 2. The average molecular weight is 395 g/mol. The third-order valence-corrected chi connectivity index (χ3v) is 5.09. The van der Waals surface area contributed by atoms with Crippen LogP contribution < -0.4 is 15.5 Å². The molecule has 2 N–H and O–H groups in total. The van der Waals surface area contributed by atoms with Crippen LogP contribution in [-0.2, 0) is 4.79 Å². The van der Waals surface area contributed by atoms with Crippen LogP contribution in [0.4, 0.5) is 11.4 Å². The number of nitrogens with zero attached hydrogens (tertiary/aromatic N) is 2. The van der Waals surface area contributed by atoms with Crippen molar-refractivity contribution in [1.82, 2.24) is 10.2 Å². The van der Waals surface area contributed by atoms with E-state index in [1.54, 1.807) is 0 Å². The lowest BCUT2D eigenvalue weighted by atomic mass is 10.1. The Labute approximate surface area is 172 Å². The molecule has 0 saturated carbocycles. The van der Waals surface area contributed by atoms with Crippen molar-refractivity contribution in [3.05, 3.63) is 59.7 Å². The van der Waals surface area contributed by atoms with Gasteiger partial charge in [0.25, 0.3) is 5.91 Å².